The zero-order valence-corrected chi connectivity index (χ0v) is 11.8. The SMILES string of the molecule is O=C(CSc1ccccc1)NCC#Cc1ccccc1. The highest BCUT2D eigenvalue weighted by atomic mass is 32.2. The Morgan fingerprint density at radius 2 is 1.65 bits per heavy atom. The molecule has 0 heterocycles. The van der Waals surface area contributed by atoms with Gasteiger partial charge in [-0.2, -0.15) is 0 Å². The second kappa shape index (κ2) is 8.08. The van der Waals surface area contributed by atoms with Gasteiger partial charge >= 0.3 is 0 Å². The van der Waals surface area contributed by atoms with Crippen molar-refractivity contribution in [3.63, 3.8) is 0 Å². The Hall–Kier alpha value is -2.18. The van der Waals surface area contributed by atoms with E-state index < -0.39 is 0 Å². The molecule has 3 heteroatoms. The Labute approximate surface area is 123 Å². The summed E-state index contributed by atoms with van der Waals surface area (Å²) in [6.07, 6.45) is 0. The second-order valence-corrected chi connectivity index (χ2v) is 5.10. The van der Waals surface area contributed by atoms with Crippen LogP contribution in [0.1, 0.15) is 5.56 Å². The summed E-state index contributed by atoms with van der Waals surface area (Å²) in [5, 5.41) is 2.79. The van der Waals surface area contributed by atoms with E-state index in [0.29, 0.717) is 12.3 Å². The highest BCUT2D eigenvalue weighted by molar-refractivity contribution is 8.00. The van der Waals surface area contributed by atoms with Crippen LogP contribution in [0.4, 0.5) is 0 Å². The van der Waals surface area contributed by atoms with Crippen molar-refractivity contribution in [3.8, 4) is 11.8 Å². The quantitative estimate of drug-likeness (QED) is 0.689. The van der Waals surface area contributed by atoms with Crippen LogP contribution in [0.3, 0.4) is 0 Å². The Morgan fingerprint density at radius 1 is 1.00 bits per heavy atom. The van der Waals surface area contributed by atoms with Crippen molar-refractivity contribution in [2.24, 2.45) is 0 Å². The summed E-state index contributed by atoms with van der Waals surface area (Å²) in [4.78, 5) is 12.7. The number of carbonyl (C=O) groups excluding carboxylic acids is 1. The lowest BCUT2D eigenvalue weighted by molar-refractivity contribution is -0.118. The minimum atomic E-state index is 0.00112. The lowest BCUT2D eigenvalue weighted by Gasteiger charge is -2.01. The van der Waals surface area contributed by atoms with Crippen LogP contribution in [-0.2, 0) is 4.79 Å². The first-order valence-corrected chi connectivity index (χ1v) is 7.31. The number of carbonyl (C=O) groups is 1. The van der Waals surface area contributed by atoms with Crippen LogP contribution in [0, 0.1) is 11.8 Å². The van der Waals surface area contributed by atoms with Gasteiger partial charge in [-0.1, -0.05) is 48.2 Å². The Morgan fingerprint density at radius 3 is 2.35 bits per heavy atom. The Balaban J connectivity index is 1.70. The summed E-state index contributed by atoms with van der Waals surface area (Å²) < 4.78 is 0. The molecule has 0 spiro atoms. The Bertz CT molecular complexity index is 599. The highest BCUT2D eigenvalue weighted by Gasteiger charge is 2.00. The molecule has 0 radical (unpaired) electrons. The number of hydrogen-bond acceptors (Lipinski definition) is 2. The molecule has 20 heavy (non-hydrogen) atoms. The molecule has 1 N–H and O–H groups in total. The van der Waals surface area contributed by atoms with Crippen molar-refractivity contribution in [2.75, 3.05) is 12.3 Å². The van der Waals surface area contributed by atoms with Crippen LogP contribution in [0.15, 0.2) is 65.6 Å². The molecule has 2 rings (SSSR count). The largest absolute Gasteiger partial charge is 0.344 e. The van der Waals surface area contributed by atoms with E-state index in [4.69, 9.17) is 0 Å². The van der Waals surface area contributed by atoms with E-state index >= 15 is 0 Å². The molecule has 0 bridgehead atoms. The van der Waals surface area contributed by atoms with Crippen LogP contribution in [0.5, 0.6) is 0 Å². The molecule has 100 valence electrons. The molecule has 0 fully saturated rings. The maximum Gasteiger partial charge on any atom is 0.231 e. The van der Waals surface area contributed by atoms with Crippen molar-refractivity contribution in [1.29, 1.82) is 0 Å². The highest BCUT2D eigenvalue weighted by Crippen LogP contribution is 2.15. The van der Waals surface area contributed by atoms with Crippen molar-refractivity contribution in [3.05, 3.63) is 66.2 Å². The number of amides is 1. The van der Waals surface area contributed by atoms with Gasteiger partial charge in [0.1, 0.15) is 0 Å². The average Bonchev–Trinajstić information content (AvgIpc) is 2.52. The first-order chi connectivity index (χ1) is 9.84. The summed E-state index contributed by atoms with van der Waals surface area (Å²) in [5.74, 6) is 6.36. The first-order valence-electron chi connectivity index (χ1n) is 6.33. The first kappa shape index (κ1) is 14.2. The standard InChI is InChI=1S/C17H15NOS/c19-17(14-20-16-11-5-2-6-12-16)18-13-7-10-15-8-3-1-4-9-15/h1-6,8-9,11-12H,13-14H2,(H,18,19). The molecule has 0 saturated carbocycles. The molecule has 0 aromatic heterocycles. The van der Waals surface area contributed by atoms with Gasteiger partial charge in [-0.25, -0.2) is 0 Å². The number of nitrogens with one attached hydrogen (secondary N) is 1. The summed E-state index contributed by atoms with van der Waals surface area (Å²) in [5.41, 5.74) is 0.959. The predicted octanol–water partition coefficient (Wildman–Crippen LogP) is 2.95. The molecule has 0 saturated heterocycles. The minimum Gasteiger partial charge on any atom is -0.344 e. The molecule has 0 aliphatic rings. The fourth-order valence-corrected chi connectivity index (χ4v) is 2.28. The molecular formula is C17H15NOS. The third kappa shape index (κ3) is 5.21. The summed E-state index contributed by atoms with van der Waals surface area (Å²) in [7, 11) is 0. The van der Waals surface area contributed by atoms with Gasteiger partial charge in [-0.05, 0) is 24.3 Å². The maximum absolute atomic E-state index is 11.6. The van der Waals surface area contributed by atoms with Gasteiger partial charge in [0.15, 0.2) is 0 Å². The number of hydrogen-bond donors (Lipinski definition) is 1. The van der Waals surface area contributed by atoms with Gasteiger partial charge in [0.25, 0.3) is 0 Å². The topological polar surface area (TPSA) is 29.1 Å². The zero-order chi connectivity index (χ0) is 14.0. The van der Waals surface area contributed by atoms with Crippen molar-refractivity contribution < 1.29 is 4.79 Å². The number of benzene rings is 2. The maximum atomic E-state index is 11.6. The van der Waals surface area contributed by atoms with Crippen LogP contribution < -0.4 is 5.32 Å². The van der Waals surface area contributed by atoms with E-state index in [2.05, 4.69) is 17.2 Å². The normalized spacial score (nSPS) is 9.40. The summed E-state index contributed by atoms with van der Waals surface area (Å²) in [6.45, 7) is 0.378. The summed E-state index contributed by atoms with van der Waals surface area (Å²) in [6, 6.07) is 19.6. The number of rotatable bonds is 4. The van der Waals surface area contributed by atoms with Gasteiger partial charge in [-0.3, -0.25) is 4.79 Å². The summed E-state index contributed by atoms with van der Waals surface area (Å²) >= 11 is 1.52. The van der Waals surface area contributed by atoms with Crippen LogP contribution in [-0.4, -0.2) is 18.2 Å². The van der Waals surface area contributed by atoms with E-state index in [-0.39, 0.29) is 5.91 Å². The Kier molecular flexibility index (Phi) is 5.75. The molecule has 2 aromatic carbocycles. The van der Waals surface area contributed by atoms with Gasteiger partial charge in [0.05, 0.1) is 12.3 Å². The van der Waals surface area contributed by atoms with Crippen LogP contribution in [0.25, 0.3) is 0 Å². The lowest BCUT2D eigenvalue weighted by atomic mass is 10.2. The predicted molar refractivity (Wildman–Crippen MR) is 83.5 cm³/mol. The van der Waals surface area contributed by atoms with E-state index in [1.165, 1.54) is 11.8 Å². The fourth-order valence-electron chi connectivity index (χ4n) is 1.53. The lowest BCUT2D eigenvalue weighted by Crippen LogP contribution is -2.25. The molecular weight excluding hydrogens is 266 g/mol. The second-order valence-electron chi connectivity index (χ2n) is 4.05. The molecule has 0 atom stereocenters. The zero-order valence-electron chi connectivity index (χ0n) is 11.0. The van der Waals surface area contributed by atoms with E-state index in [0.717, 1.165) is 10.5 Å². The molecule has 1 amide bonds. The van der Waals surface area contributed by atoms with Gasteiger partial charge in [0, 0.05) is 10.5 Å². The third-order valence-corrected chi connectivity index (χ3v) is 3.51. The molecule has 2 nitrogen and oxygen atoms in total. The van der Waals surface area contributed by atoms with Crippen molar-refractivity contribution in [2.45, 2.75) is 4.90 Å². The third-order valence-electron chi connectivity index (χ3n) is 2.49. The van der Waals surface area contributed by atoms with E-state index in [1.807, 2.05) is 60.7 Å². The van der Waals surface area contributed by atoms with Crippen LogP contribution in [0.2, 0.25) is 0 Å². The molecule has 0 unspecified atom stereocenters. The van der Waals surface area contributed by atoms with Crippen molar-refractivity contribution >= 4 is 17.7 Å². The van der Waals surface area contributed by atoms with Gasteiger partial charge in [-0.15, -0.1) is 11.8 Å². The smallest absolute Gasteiger partial charge is 0.231 e. The molecule has 0 aliphatic heterocycles. The fraction of sp³-hybridized carbons (Fsp3) is 0.118. The van der Waals surface area contributed by atoms with Crippen LogP contribution >= 0.6 is 11.8 Å². The van der Waals surface area contributed by atoms with E-state index in [9.17, 15) is 4.79 Å². The minimum absolute atomic E-state index is 0.00112. The van der Waals surface area contributed by atoms with E-state index in [1.54, 1.807) is 0 Å². The number of thioether (sulfide) groups is 1. The molecule has 0 aliphatic carbocycles. The van der Waals surface area contributed by atoms with Crippen molar-refractivity contribution in [1.82, 2.24) is 5.32 Å². The van der Waals surface area contributed by atoms with Gasteiger partial charge in [0.2, 0.25) is 5.91 Å². The monoisotopic (exact) mass is 281 g/mol. The molecule has 2 aromatic rings. The average molecular weight is 281 g/mol. The van der Waals surface area contributed by atoms with Gasteiger partial charge < -0.3 is 5.32 Å².